The standard InChI is InChI=1S/C29H34N8O5S/c1-17-25(18(2)34-29(33-17)30-12-6-9-19-8-5-10-21-20(19)14-32-36-21)27(40)35-22(28(41)42-16-24(38)37(3)4)15-31-26(39)23-11-7-13-43-23/h5,7-8,10-11,13-14,22H,6,9,12,15-16H2,1-4H3,(H,31,39)(H,32,36)(H,35,40)(H,30,33,34). The average molecular weight is 607 g/mol. The first kappa shape index (κ1) is 31.1. The molecule has 4 N–H and O–H groups in total. The number of H-pyrrole nitrogens is 1. The summed E-state index contributed by atoms with van der Waals surface area (Å²) in [7, 11) is 3.06. The number of fused-ring (bicyclic) bond motifs is 1. The van der Waals surface area contributed by atoms with Gasteiger partial charge in [-0.2, -0.15) is 5.10 Å². The van der Waals surface area contributed by atoms with Crippen molar-refractivity contribution in [2.24, 2.45) is 0 Å². The van der Waals surface area contributed by atoms with Crippen molar-refractivity contribution in [3.05, 3.63) is 69.3 Å². The molecule has 1 unspecified atom stereocenters. The Balaban J connectivity index is 1.38. The molecule has 43 heavy (non-hydrogen) atoms. The molecule has 13 nitrogen and oxygen atoms in total. The topological polar surface area (TPSA) is 171 Å². The number of esters is 1. The van der Waals surface area contributed by atoms with Crippen molar-refractivity contribution >= 4 is 51.9 Å². The second-order valence-electron chi connectivity index (χ2n) is 9.98. The maximum Gasteiger partial charge on any atom is 0.331 e. The number of amides is 3. The van der Waals surface area contributed by atoms with Gasteiger partial charge in [-0.3, -0.25) is 19.5 Å². The van der Waals surface area contributed by atoms with Gasteiger partial charge in [-0.15, -0.1) is 11.3 Å². The Hall–Kier alpha value is -4.85. The van der Waals surface area contributed by atoms with Crippen molar-refractivity contribution in [2.45, 2.75) is 32.7 Å². The maximum atomic E-state index is 13.3. The largest absolute Gasteiger partial charge is 0.454 e. The lowest BCUT2D eigenvalue weighted by molar-refractivity contribution is -0.152. The van der Waals surface area contributed by atoms with Crippen LogP contribution in [0.15, 0.2) is 41.9 Å². The monoisotopic (exact) mass is 606 g/mol. The molecule has 4 rings (SSSR count). The minimum Gasteiger partial charge on any atom is -0.454 e. The van der Waals surface area contributed by atoms with Gasteiger partial charge in [0.25, 0.3) is 17.7 Å². The molecule has 0 aliphatic carbocycles. The van der Waals surface area contributed by atoms with E-state index in [1.165, 1.54) is 35.9 Å². The number of hydrogen-bond donors (Lipinski definition) is 4. The summed E-state index contributed by atoms with van der Waals surface area (Å²) in [5, 5.41) is 18.4. The van der Waals surface area contributed by atoms with Crippen LogP contribution in [0.2, 0.25) is 0 Å². The fraction of sp³-hybridized carbons (Fsp3) is 0.345. The summed E-state index contributed by atoms with van der Waals surface area (Å²) in [4.78, 5) is 61.2. The van der Waals surface area contributed by atoms with Crippen molar-refractivity contribution in [1.29, 1.82) is 0 Å². The Labute approximate surface area is 252 Å². The molecule has 0 aliphatic rings. The number of nitrogens with zero attached hydrogens (tertiary/aromatic N) is 4. The number of ether oxygens (including phenoxy) is 1. The third kappa shape index (κ3) is 8.13. The highest BCUT2D eigenvalue weighted by atomic mass is 32.1. The van der Waals surface area contributed by atoms with E-state index in [0.29, 0.717) is 28.8 Å². The zero-order valence-corrected chi connectivity index (χ0v) is 25.2. The number of benzene rings is 1. The number of hydrogen-bond acceptors (Lipinski definition) is 10. The van der Waals surface area contributed by atoms with Gasteiger partial charge < -0.3 is 25.6 Å². The van der Waals surface area contributed by atoms with Crippen molar-refractivity contribution < 1.29 is 23.9 Å². The molecule has 0 saturated heterocycles. The number of aryl methyl sites for hydroxylation is 3. The third-order valence-electron chi connectivity index (χ3n) is 6.62. The van der Waals surface area contributed by atoms with Gasteiger partial charge in [-0.1, -0.05) is 18.2 Å². The lowest BCUT2D eigenvalue weighted by Crippen LogP contribution is -2.50. The molecule has 0 saturated carbocycles. The summed E-state index contributed by atoms with van der Waals surface area (Å²) in [5.41, 5.74) is 3.21. The summed E-state index contributed by atoms with van der Waals surface area (Å²) >= 11 is 1.24. The molecular formula is C29H34N8O5S. The van der Waals surface area contributed by atoms with E-state index in [1.54, 1.807) is 31.4 Å². The Morgan fingerprint density at radius 2 is 1.81 bits per heavy atom. The number of rotatable bonds is 13. The van der Waals surface area contributed by atoms with Crippen LogP contribution in [0.4, 0.5) is 5.95 Å². The van der Waals surface area contributed by atoms with Crippen LogP contribution in [0.3, 0.4) is 0 Å². The molecule has 226 valence electrons. The van der Waals surface area contributed by atoms with E-state index in [4.69, 9.17) is 4.74 Å². The normalized spacial score (nSPS) is 11.5. The van der Waals surface area contributed by atoms with E-state index in [0.717, 1.165) is 23.7 Å². The molecule has 0 aliphatic heterocycles. The van der Waals surface area contributed by atoms with Gasteiger partial charge in [0.15, 0.2) is 6.61 Å². The van der Waals surface area contributed by atoms with Crippen molar-refractivity contribution in [3.8, 4) is 0 Å². The lowest BCUT2D eigenvalue weighted by Gasteiger charge is -2.20. The molecule has 3 heterocycles. The van der Waals surface area contributed by atoms with E-state index in [2.05, 4.69) is 42.2 Å². The van der Waals surface area contributed by atoms with Gasteiger partial charge in [0.2, 0.25) is 5.95 Å². The third-order valence-corrected chi connectivity index (χ3v) is 7.49. The second-order valence-corrected chi connectivity index (χ2v) is 10.9. The first-order chi connectivity index (χ1) is 20.6. The van der Waals surface area contributed by atoms with Crippen molar-refractivity contribution in [2.75, 3.05) is 39.1 Å². The van der Waals surface area contributed by atoms with Gasteiger partial charge in [-0.25, -0.2) is 14.8 Å². The molecule has 0 spiro atoms. The van der Waals surface area contributed by atoms with Crippen LogP contribution < -0.4 is 16.0 Å². The molecule has 4 aromatic rings. The fourth-order valence-corrected chi connectivity index (χ4v) is 4.97. The predicted octanol–water partition coefficient (Wildman–Crippen LogP) is 2.24. The molecule has 3 aromatic heterocycles. The number of carbonyl (C=O) groups is 4. The van der Waals surface area contributed by atoms with Gasteiger partial charge >= 0.3 is 5.97 Å². The minimum absolute atomic E-state index is 0.198. The quantitative estimate of drug-likeness (QED) is 0.132. The predicted molar refractivity (Wildman–Crippen MR) is 162 cm³/mol. The minimum atomic E-state index is -1.26. The number of likely N-dealkylation sites (N-methyl/N-ethyl adjacent to an activating group) is 1. The Morgan fingerprint density at radius 1 is 1.05 bits per heavy atom. The highest BCUT2D eigenvalue weighted by Crippen LogP contribution is 2.18. The molecule has 1 aromatic carbocycles. The molecular weight excluding hydrogens is 572 g/mol. The van der Waals surface area contributed by atoms with E-state index < -0.39 is 36.3 Å². The number of aromatic amines is 1. The summed E-state index contributed by atoms with van der Waals surface area (Å²) in [6, 6.07) is 8.16. The summed E-state index contributed by atoms with van der Waals surface area (Å²) in [5.74, 6) is -1.92. The molecule has 0 fully saturated rings. The van der Waals surface area contributed by atoms with Gasteiger partial charge in [0.1, 0.15) is 6.04 Å². The van der Waals surface area contributed by atoms with Crippen molar-refractivity contribution in [3.63, 3.8) is 0 Å². The summed E-state index contributed by atoms with van der Waals surface area (Å²) < 4.78 is 5.13. The molecule has 3 amide bonds. The Morgan fingerprint density at radius 3 is 2.51 bits per heavy atom. The molecule has 0 bridgehead atoms. The van der Waals surface area contributed by atoms with Crippen LogP contribution in [0, 0.1) is 13.8 Å². The van der Waals surface area contributed by atoms with Crippen LogP contribution in [0.5, 0.6) is 0 Å². The maximum absolute atomic E-state index is 13.3. The van der Waals surface area contributed by atoms with Gasteiger partial charge in [-0.05, 0) is 49.8 Å². The number of aromatic nitrogens is 4. The first-order valence-electron chi connectivity index (χ1n) is 13.6. The van der Waals surface area contributed by atoms with Gasteiger partial charge in [0, 0.05) is 32.6 Å². The second kappa shape index (κ2) is 14.4. The van der Waals surface area contributed by atoms with Crippen LogP contribution in [-0.4, -0.2) is 88.6 Å². The number of thiophene rings is 1. The van der Waals surface area contributed by atoms with Crippen LogP contribution in [0.25, 0.3) is 10.9 Å². The SMILES string of the molecule is Cc1nc(NCCCc2cccc3[nH]ncc23)nc(C)c1C(=O)NC(CNC(=O)c1cccs1)C(=O)OCC(=O)N(C)C. The summed E-state index contributed by atoms with van der Waals surface area (Å²) in [6.07, 6.45) is 3.48. The average Bonchev–Trinajstić information content (AvgIpc) is 3.68. The number of nitrogens with one attached hydrogen (secondary N) is 4. The fourth-order valence-electron chi connectivity index (χ4n) is 4.33. The smallest absolute Gasteiger partial charge is 0.331 e. The van der Waals surface area contributed by atoms with E-state index in [-0.39, 0.29) is 12.1 Å². The van der Waals surface area contributed by atoms with Crippen molar-refractivity contribution in [1.82, 2.24) is 35.7 Å². The van der Waals surface area contributed by atoms with Gasteiger partial charge in [0.05, 0.1) is 33.5 Å². The first-order valence-corrected chi connectivity index (χ1v) is 14.5. The molecule has 14 heteroatoms. The van der Waals surface area contributed by atoms with E-state index >= 15 is 0 Å². The number of anilines is 1. The summed E-state index contributed by atoms with van der Waals surface area (Å²) in [6.45, 7) is 3.21. The molecule has 0 radical (unpaired) electrons. The van der Waals surface area contributed by atoms with E-state index in [1.807, 2.05) is 18.3 Å². The van der Waals surface area contributed by atoms with Crippen LogP contribution in [0.1, 0.15) is 43.4 Å². The van der Waals surface area contributed by atoms with E-state index in [9.17, 15) is 19.2 Å². The van der Waals surface area contributed by atoms with Crippen LogP contribution in [-0.2, 0) is 20.7 Å². The Bertz CT molecular complexity index is 1580. The molecule has 1 atom stereocenters. The Kier molecular flexibility index (Phi) is 10.4. The zero-order valence-electron chi connectivity index (χ0n) is 24.4. The highest BCUT2D eigenvalue weighted by Gasteiger charge is 2.27. The lowest BCUT2D eigenvalue weighted by atomic mass is 10.1. The van der Waals surface area contributed by atoms with Crippen LogP contribution >= 0.6 is 11.3 Å². The highest BCUT2D eigenvalue weighted by molar-refractivity contribution is 7.12. The zero-order chi connectivity index (χ0) is 30.9. The number of carbonyl (C=O) groups excluding carboxylic acids is 4.